The average molecular weight is 402 g/mol. The molecule has 0 radical (unpaired) electrons. The van der Waals surface area contributed by atoms with Crippen molar-refractivity contribution in [1.82, 2.24) is 0 Å². The Morgan fingerprint density at radius 2 is 1.23 bits per heavy atom. The van der Waals surface area contributed by atoms with E-state index >= 15 is 0 Å². The lowest BCUT2D eigenvalue weighted by atomic mass is 9.98. The Morgan fingerprint density at radius 1 is 0.800 bits per heavy atom. The zero-order valence-corrected chi connectivity index (χ0v) is 17.4. The monoisotopic (exact) mass is 402 g/mol. The number of ether oxygens (including phenoxy) is 2. The van der Waals surface area contributed by atoms with Crippen molar-refractivity contribution in [3.63, 3.8) is 0 Å². The Kier molecular flexibility index (Phi) is 8.57. The summed E-state index contributed by atoms with van der Waals surface area (Å²) in [4.78, 5) is 22.6. The zero-order chi connectivity index (χ0) is 21.9. The van der Waals surface area contributed by atoms with Gasteiger partial charge in [0.05, 0.1) is 0 Å². The minimum Gasteiger partial charge on any atom is -0.423 e. The van der Waals surface area contributed by atoms with Gasteiger partial charge in [0.25, 0.3) is 0 Å². The molecule has 0 saturated heterocycles. The molecule has 0 bridgehead atoms. The van der Waals surface area contributed by atoms with E-state index in [2.05, 4.69) is 39.2 Å². The molecule has 0 saturated carbocycles. The fourth-order valence-corrected chi connectivity index (χ4v) is 2.78. The van der Waals surface area contributed by atoms with Gasteiger partial charge in [-0.05, 0) is 59.9 Å². The summed E-state index contributed by atoms with van der Waals surface area (Å²) >= 11 is 0. The van der Waals surface area contributed by atoms with Crippen LogP contribution in [0.25, 0.3) is 12.2 Å². The van der Waals surface area contributed by atoms with E-state index in [1.54, 1.807) is 24.3 Å². The number of allylic oxidation sites excluding steroid dienone is 2. The number of hydrogen-bond donors (Lipinski definition) is 0. The first-order valence-electron chi connectivity index (χ1n) is 9.73. The van der Waals surface area contributed by atoms with Crippen molar-refractivity contribution in [2.45, 2.75) is 26.7 Å². The predicted octanol–water partition coefficient (Wildman–Crippen LogP) is 6.16. The standard InChI is InChI=1S/C26H26O4/c1-5-8-22(18-21-11-15-24(16-12-21)30-26(28)7-3)19(4)17-20-9-13-23(14-10-20)29-25(27)6-2/h6-7,9-18H,2-3,5,8H2,1,4H3. The first-order chi connectivity index (χ1) is 14.4. The SMILES string of the molecule is C=CC(=O)Oc1ccc(C=C(C)C(=Cc2ccc(OC(=O)C=C)cc2)CCC)cc1. The summed E-state index contributed by atoms with van der Waals surface area (Å²) in [5, 5.41) is 0. The molecule has 0 heterocycles. The largest absolute Gasteiger partial charge is 0.423 e. The number of carbonyl (C=O) groups excluding carboxylic acids is 2. The summed E-state index contributed by atoms with van der Waals surface area (Å²) in [5.74, 6) is 0.0109. The predicted molar refractivity (Wildman–Crippen MR) is 121 cm³/mol. The molecule has 0 aliphatic rings. The van der Waals surface area contributed by atoms with Gasteiger partial charge in [-0.25, -0.2) is 9.59 Å². The number of benzene rings is 2. The number of rotatable bonds is 9. The molecule has 0 unspecified atom stereocenters. The Morgan fingerprint density at radius 3 is 1.63 bits per heavy atom. The van der Waals surface area contributed by atoms with Crippen LogP contribution >= 0.6 is 0 Å². The van der Waals surface area contributed by atoms with Gasteiger partial charge in [0.2, 0.25) is 0 Å². The Bertz CT molecular complexity index is 961. The molecule has 0 amide bonds. The summed E-state index contributed by atoms with van der Waals surface area (Å²) in [6, 6.07) is 14.7. The average Bonchev–Trinajstić information content (AvgIpc) is 2.75. The van der Waals surface area contributed by atoms with Crippen LogP contribution in [0.5, 0.6) is 11.5 Å². The van der Waals surface area contributed by atoms with Crippen molar-refractivity contribution in [1.29, 1.82) is 0 Å². The molecule has 0 fully saturated rings. The van der Waals surface area contributed by atoms with E-state index in [9.17, 15) is 9.59 Å². The lowest BCUT2D eigenvalue weighted by Gasteiger charge is -2.09. The third-order valence-corrected chi connectivity index (χ3v) is 4.28. The first kappa shape index (κ1) is 22.6. The van der Waals surface area contributed by atoms with Crippen LogP contribution in [0.1, 0.15) is 37.8 Å². The second-order valence-corrected chi connectivity index (χ2v) is 6.64. The lowest BCUT2D eigenvalue weighted by Crippen LogP contribution is -2.02. The Hall–Kier alpha value is -3.66. The molecule has 4 nitrogen and oxygen atoms in total. The van der Waals surface area contributed by atoms with Crippen LogP contribution in [0.4, 0.5) is 0 Å². The highest BCUT2D eigenvalue weighted by atomic mass is 16.5. The highest BCUT2D eigenvalue weighted by molar-refractivity contribution is 5.83. The van der Waals surface area contributed by atoms with Crippen molar-refractivity contribution in [3.05, 3.63) is 96.1 Å². The van der Waals surface area contributed by atoms with E-state index in [0.717, 1.165) is 41.7 Å². The van der Waals surface area contributed by atoms with Crippen molar-refractivity contribution >= 4 is 24.1 Å². The maximum Gasteiger partial charge on any atom is 0.335 e. The van der Waals surface area contributed by atoms with Gasteiger partial charge in [0.15, 0.2) is 0 Å². The van der Waals surface area contributed by atoms with Crippen molar-refractivity contribution in [2.24, 2.45) is 0 Å². The van der Waals surface area contributed by atoms with Gasteiger partial charge in [-0.2, -0.15) is 0 Å². The summed E-state index contributed by atoms with van der Waals surface area (Å²) in [5.41, 5.74) is 4.40. The van der Waals surface area contributed by atoms with Crippen LogP contribution in [0, 0.1) is 0 Å². The smallest absolute Gasteiger partial charge is 0.335 e. The second-order valence-electron chi connectivity index (χ2n) is 6.64. The van der Waals surface area contributed by atoms with Crippen LogP contribution < -0.4 is 9.47 Å². The molecule has 0 atom stereocenters. The molecular weight excluding hydrogens is 376 g/mol. The van der Waals surface area contributed by atoms with E-state index in [1.807, 2.05) is 24.3 Å². The normalized spacial score (nSPS) is 11.5. The van der Waals surface area contributed by atoms with Crippen LogP contribution in [0.3, 0.4) is 0 Å². The van der Waals surface area contributed by atoms with E-state index in [4.69, 9.17) is 9.47 Å². The van der Waals surface area contributed by atoms with Gasteiger partial charge in [-0.15, -0.1) is 0 Å². The second kappa shape index (κ2) is 11.4. The quantitative estimate of drug-likeness (QED) is 0.218. The van der Waals surface area contributed by atoms with Crippen molar-refractivity contribution in [3.8, 4) is 11.5 Å². The molecule has 0 aromatic heterocycles. The van der Waals surface area contributed by atoms with Gasteiger partial charge < -0.3 is 9.47 Å². The third-order valence-electron chi connectivity index (χ3n) is 4.28. The van der Waals surface area contributed by atoms with Gasteiger partial charge in [0.1, 0.15) is 11.5 Å². The zero-order valence-electron chi connectivity index (χ0n) is 17.4. The number of esters is 2. The molecule has 0 N–H and O–H groups in total. The van der Waals surface area contributed by atoms with Crippen LogP contribution in [-0.2, 0) is 9.59 Å². The van der Waals surface area contributed by atoms with Gasteiger partial charge in [-0.1, -0.05) is 62.9 Å². The highest BCUT2D eigenvalue weighted by Gasteiger charge is 2.04. The minimum absolute atomic E-state index is 0.478. The fourth-order valence-electron chi connectivity index (χ4n) is 2.78. The maximum absolute atomic E-state index is 11.3. The maximum atomic E-state index is 11.3. The topological polar surface area (TPSA) is 52.6 Å². The summed E-state index contributed by atoms with van der Waals surface area (Å²) < 4.78 is 10.2. The van der Waals surface area contributed by atoms with Gasteiger partial charge in [-0.3, -0.25) is 0 Å². The third kappa shape index (κ3) is 7.06. The van der Waals surface area contributed by atoms with E-state index in [-0.39, 0.29) is 0 Å². The summed E-state index contributed by atoms with van der Waals surface area (Å²) in [6.07, 6.45) is 8.45. The fraction of sp³-hybridized carbons (Fsp3) is 0.154. The molecule has 0 aliphatic carbocycles. The van der Waals surface area contributed by atoms with E-state index < -0.39 is 11.9 Å². The first-order valence-corrected chi connectivity index (χ1v) is 9.73. The van der Waals surface area contributed by atoms with Crippen LogP contribution in [-0.4, -0.2) is 11.9 Å². The molecular formula is C26H26O4. The molecule has 2 aromatic rings. The molecule has 154 valence electrons. The number of hydrogen-bond acceptors (Lipinski definition) is 4. The summed E-state index contributed by atoms with van der Waals surface area (Å²) in [7, 11) is 0. The number of carbonyl (C=O) groups is 2. The lowest BCUT2D eigenvalue weighted by molar-refractivity contribution is -0.129. The van der Waals surface area contributed by atoms with E-state index in [0.29, 0.717) is 11.5 Å². The Labute approximate surface area is 177 Å². The van der Waals surface area contributed by atoms with Crippen molar-refractivity contribution in [2.75, 3.05) is 0 Å². The van der Waals surface area contributed by atoms with Gasteiger partial charge in [0, 0.05) is 12.2 Å². The molecule has 0 aliphatic heterocycles. The van der Waals surface area contributed by atoms with E-state index in [1.165, 1.54) is 5.57 Å². The molecule has 2 aromatic carbocycles. The van der Waals surface area contributed by atoms with Crippen LogP contribution in [0.2, 0.25) is 0 Å². The van der Waals surface area contributed by atoms with Gasteiger partial charge >= 0.3 is 11.9 Å². The molecule has 2 rings (SSSR count). The molecule has 30 heavy (non-hydrogen) atoms. The van der Waals surface area contributed by atoms with Crippen molar-refractivity contribution < 1.29 is 19.1 Å². The summed E-state index contributed by atoms with van der Waals surface area (Å²) in [6.45, 7) is 11.0. The Balaban J connectivity index is 2.19. The molecule has 4 heteroatoms. The van der Waals surface area contributed by atoms with Crippen LogP contribution in [0.15, 0.2) is 85.0 Å². The molecule has 0 spiro atoms. The highest BCUT2D eigenvalue weighted by Crippen LogP contribution is 2.24. The minimum atomic E-state index is -0.479.